The van der Waals surface area contributed by atoms with Gasteiger partial charge >= 0.3 is 0 Å². The van der Waals surface area contributed by atoms with E-state index in [4.69, 9.17) is 12.0 Å². The lowest BCUT2D eigenvalue weighted by Crippen LogP contribution is -2.34. The van der Waals surface area contributed by atoms with Gasteiger partial charge in [0, 0.05) is 26.2 Å². The Balaban J connectivity index is 2.81. The third kappa shape index (κ3) is 3.27. The van der Waals surface area contributed by atoms with Crippen LogP contribution in [-0.4, -0.2) is 45.6 Å². The number of aliphatic hydroxyl groups is 1. The predicted octanol–water partition coefficient (Wildman–Crippen LogP) is 0.380. The lowest BCUT2D eigenvalue weighted by molar-refractivity contribution is 0.0715. The summed E-state index contributed by atoms with van der Waals surface area (Å²) in [6, 6.07) is 0. The summed E-state index contributed by atoms with van der Waals surface area (Å²) < 4.78 is 0. The Morgan fingerprint density at radius 3 is 2.81 bits per heavy atom. The second-order valence-electron chi connectivity index (χ2n) is 3.34. The van der Waals surface area contributed by atoms with Crippen molar-refractivity contribution in [3.05, 3.63) is 30.7 Å². The first-order chi connectivity index (χ1) is 7.69. The Bertz CT molecular complexity index is 349. The summed E-state index contributed by atoms with van der Waals surface area (Å²) in [7, 11) is 0. The first-order valence-electron chi connectivity index (χ1n) is 5.16. The van der Waals surface area contributed by atoms with Gasteiger partial charge in [-0.15, -0.1) is 0 Å². The molecule has 1 heterocycles. The molecule has 1 rings (SSSR count). The van der Waals surface area contributed by atoms with Crippen molar-refractivity contribution in [3.63, 3.8) is 0 Å². The zero-order valence-corrected chi connectivity index (χ0v) is 9.26. The number of aromatic nitrogens is 2. The minimum atomic E-state index is -0.254. The van der Waals surface area contributed by atoms with Crippen LogP contribution in [0.4, 0.5) is 0 Å². The molecular formula is C11H15N3O2. The fourth-order valence-corrected chi connectivity index (χ4v) is 1.35. The minimum absolute atomic E-state index is 0.0680. The Kier molecular flexibility index (Phi) is 4.85. The fraction of sp³-hybridized carbons (Fsp3) is 0.455. The van der Waals surface area contributed by atoms with Crippen molar-refractivity contribution in [3.8, 4) is 0 Å². The summed E-state index contributed by atoms with van der Waals surface area (Å²) in [6.07, 6.45) is 3.58. The van der Waals surface area contributed by atoms with Gasteiger partial charge in [0.2, 0.25) is 0 Å². The normalized spacial score (nSPS) is 10.2. The van der Waals surface area contributed by atoms with Crippen LogP contribution in [0.2, 0.25) is 0 Å². The minimum Gasteiger partial charge on any atom is -0.395 e. The lowest BCUT2D eigenvalue weighted by atomic mass is 10.3. The van der Waals surface area contributed by atoms with Crippen LogP contribution in [0.3, 0.4) is 0 Å². The van der Waals surface area contributed by atoms with Gasteiger partial charge in [0.05, 0.1) is 18.5 Å². The van der Waals surface area contributed by atoms with Crippen LogP contribution in [0.5, 0.6) is 0 Å². The lowest BCUT2D eigenvalue weighted by Gasteiger charge is -2.20. The molecule has 16 heavy (non-hydrogen) atoms. The third-order valence-electron chi connectivity index (χ3n) is 2.02. The number of amides is 1. The number of hydrogen-bond donors (Lipinski definition) is 1. The number of carbonyl (C=O) groups excluding carboxylic acids is 1. The molecule has 0 saturated carbocycles. The molecule has 86 valence electrons. The summed E-state index contributed by atoms with van der Waals surface area (Å²) in [5, 5.41) is 8.86. The van der Waals surface area contributed by atoms with E-state index in [1.54, 1.807) is 0 Å². The van der Waals surface area contributed by atoms with E-state index in [0.29, 0.717) is 13.1 Å². The zero-order valence-electron chi connectivity index (χ0n) is 9.26. The molecule has 0 bridgehead atoms. The van der Waals surface area contributed by atoms with Crippen molar-refractivity contribution in [2.24, 2.45) is 0 Å². The van der Waals surface area contributed by atoms with E-state index in [9.17, 15) is 4.79 Å². The monoisotopic (exact) mass is 221 g/mol. The molecule has 0 aromatic carbocycles. The molecule has 1 amide bonds. The van der Waals surface area contributed by atoms with Crippen LogP contribution < -0.4 is 0 Å². The fourth-order valence-electron chi connectivity index (χ4n) is 1.35. The van der Waals surface area contributed by atoms with Crippen LogP contribution >= 0.6 is 0 Å². The molecule has 5 heteroatoms. The van der Waals surface area contributed by atoms with Crippen molar-refractivity contribution < 1.29 is 9.90 Å². The summed E-state index contributed by atoms with van der Waals surface area (Å²) in [5.41, 5.74) is 0.424. The Morgan fingerprint density at radius 1 is 1.50 bits per heavy atom. The highest BCUT2D eigenvalue weighted by atomic mass is 16.3. The van der Waals surface area contributed by atoms with E-state index in [0.717, 1.165) is 6.42 Å². The molecule has 0 fully saturated rings. The van der Waals surface area contributed by atoms with Gasteiger partial charge in [-0.05, 0) is 6.42 Å². The average Bonchev–Trinajstić information content (AvgIpc) is 2.28. The van der Waals surface area contributed by atoms with Crippen LogP contribution in [0.25, 0.3) is 0 Å². The first-order valence-corrected chi connectivity index (χ1v) is 5.16. The van der Waals surface area contributed by atoms with Crippen molar-refractivity contribution >= 4 is 5.91 Å². The Hall–Kier alpha value is -1.49. The number of carbonyl (C=O) groups is 1. The predicted molar refractivity (Wildman–Crippen MR) is 58.7 cm³/mol. The van der Waals surface area contributed by atoms with Gasteiger partial charge in [-0.2, -0.15) is 0 Å². The summed E-state index contributed by atoms with van der Waals surface area (Å²) in [5.74, 6) is -0.254. The maximum Gasteiger partial charge on any atom is 0.274 e. The van der Waals surface area contributed by atoms with Crippen molar-refractivity contribution in [1.82, 2.24) is 14.9 Å². The molecule has 5 nitrogen and oxygen atoms in total. The van der Waals surface area contributed by atoms with E-state index in [2.05, 4.69) is 9.97 Å². The summed E-state index contributed by atoms with van der Waals surface area (Å²) in [6.45, 7) is 8.22. The van der Waals surface area contributed by atoms with E-state index >= 15 is 0 Å². The molecule has 2 radical (unpaired) electrons. The molecule has 1 aromatic heterocycles. The molecule has 0 unspecified atom stereocenters. The van der Waals surface area contributed by atoms with E-state index in [1.807, 2.05) is 6.92 Å². The highest BCUT2D eigenvalue weighted by Gasteiger charge is 2.15. The first kappa shape index (κ1) is 12.6. The van der Waals surface area contributed by atoms with Crippen molar-refractivity contribution in [1.29, 1.82) is 0 Å². The summed E-state index contributed by atoms with van der Waals surface area (Å²) >= 11 is 0. The van der Waals surface area contributed by atoms with Gasteiger partial charge in [-0.1, -0.05) is 6.92 Å². The van der Waals surface area contributed by atoms with E-state index in [-0.39, 0.29) is 23.9 Å². The SMILES string of the molecule is [CH]c1cncc(C(=O)N(CCC)CCO)n1. The van der Waals surface area contributed by atoms with Gasteiger partial charge in [-0.3, -0.25) is 9.78 Å². The maximum atomic E-state index is 11.9. The maximum absolute atomic E-state index is 11.9. The molecule has 1 N–H and O–H groups in total. The van der Waals surface area contributed by atoms with Crippen molar-refractivity contribution in [2.45, 2.75) is 13.3 Å². The largest absolute Gasteiger partial charge is 0.395 e. The van der Waals surface area contributed by atoms with Gasteiger partial charge in [0.1, 0.15) is 5.69 Å². The van der Waals surface area contributed by atoms with E-state index in [1.165, 1.54) is 17.3 Å². The quantitative estimate of drug-likeness (QED) is 0.780. The molecule has 0 aliphatic carbocycles. The van der Waals surface area contributed by atoms with Gasteiger partial charge in [0.25, 0.3) is 5.91 Å². The standard InChI is InChI=1S/C11H15N3O2/c1-3-4-14(5-6-15)11(16)10-8-12-7-9(2)13-10/h2,7-8,15H,3-6H2,1H3. The van der Waals surface area contributed by atoms with E-state index < -0.39 is 0 Å². The van der Waals surface area contributed by atoms with Gasteiger partial charge in [-0.25, -0.2) is 4.98 Å². The second kappa shape index (κ2) is 6.17. The molecule has 1 aromatic rings. The Labute approximate surface area is 95.1 Å². The second-order valence-corrected chi connectivity index (χ2v) is 3.34. The highest BCUT2D eigenvalue weighted by Crippen LogP contribution is 2.02. The van der Waals surface area contributed by atoms with Crippen molar-refractivity contribution in [2.75, 3.05) is 19.7 Å². The molecular weight excluding hydrogens is 206 g/mol. The third-order valence-corrected chi connectivity index (χ3v) is 2.02. The average molecular weight is 221 g/mol. The highest BCUT2D eigenvalue weighted by molar-refractivity contribution is 5.92. The van der Waals surface area contributed by atoms with Gasteiger partial charge in [0.15, 0.2) is 0 Å². The summed E-state index contributed by atoms with van der Waals surface area (Å²) in [4.78, 5) is 21.2. The topological polar surface area (TPSA) is 66.3 Å². The molecule has 0 aliphatic heterocycles. The number of rotatable bonds is 5. The Morgan fingerprint density at radius 2 is 2.25 bits per heavy atom. The van der Waals surface area contributed by atoms with Crippen LogP contribution in [0, 0.1) is 6.92 Å². The number of nitrogens with zero attached hydrogens (tertiary/aromatic N) is 3. The molecule has 0 spiro atoms. The smallest absolute Gasteiger partial charge is 0.274 e. The zero-order chi connectivity index (χ0) is 12.0. The van der Waals surface area contributed by atoms with Crippen LogP contribution in [-0.2, 0) is 0 Å². The van der Waals surface area contributed by atoms with Crippen LogP contribution in [0.1, 0.15) is 29.5 Å². The molecule has 0 aliphatic rings. The number of aliphatic hydroxyl groups excluding tert-OH is 1. The number of hydrogen-bond acceptors (Lipinski definition) is 4. The van der Waals surface area contributed by atoms with Crippen LogP contribution in [0.15, 0.2) is 12.4 Å². The van der Waals surface area contributed by atoms with Gasteiger partial charge < -0.3 is 10.0 Å². The molecule has 0 saturated heterocycles. The molecule has 0 atom stereocenters.